The first kappa shape index (κ1) is 7.61. The molecule has 0 aromatic carbocycles. The van der Waals surface area contributed by atoms with Crippen molar-refractivity contribution in [3.8, 4) is 11.8 Å². The van der Waals surface area contributed by atoms with Gasteiger partial charge in [-0.05, 0) is 13.8 Å². The van der Waals surface area contributed by atoms with Crippen LogP contribution in [0.4, 0.5) is 0 Å². The zero-order valence-corrected chi connectivity index (χ0v) is 6.51. The first-order valence-corrected chi connectivity index (χ1v) is 3.37. The minimum absolute atomic E-state index is 0.323. The van der Waals surface area contributed by atoms with Crippen LogP contribution in [0.1, 0.15) is 18.3 Å². The number of aryl methyl sites for hydroxylation is 1. The summed E-state index contributed by atoms with van der Waals surface area (Å²) in [4.78, 5) is 0. The number of nitrogens with one attached hydrogen (secondary N) is 1. The molecule has 0 radical (unpaired) electrons. The number of nitrogens with zero attached hydrogens (tertiary/aromatic N) is 2. The van der Waals surface area contributed by atoms with Gasteiger partial charge in [-0.2, -0.15) is 10.4 Å². The maximum atomic E-state index is 8.55. The number of hydrogen-bond donors (Lipinski definition) is 1. The summed E-state index contributed by atoms with van der Waals surface area (Å²) in [5.74, 6) is 0.565. The van der Waals surface area contributed by atoms with Crippen molar-refractivity contribution in [3.63, 3.8) is 0 Å². The van der Waals surface area contributed by atoms with Gasteiger partial charge < -0.3 is 4.74 Å². The molecule has 1 N–H and O–H groups in total. The van der Waals surface area contributed by atoms with Gasteiger partial charge in [-0.3, -0.25) is 5.10 Å². The smallest absolute Gasteiger partial charge is 0.204 e. The van der Waals surface area contributed by atoms with Crippen LogP contribution in [0.5, 0.6) is 5.75 Å². The fourth-order valence-corrected chi connectivity index (χ4v) is 0.816. The molecular formula is C7H9N3O. The van der Waals surface area contributed by atoms with E-state index in [0.717, 1.165) is 5.69 Å². The molecule has 4 heteroatoms. The lowest BCUT2D eigenvalue weighted by Crippen LogP contribution is -1.93. The van der Waals surface area contributed by atoms with Gasteiger partial charge in [0, 0.05) is 0 Å². The van der Waals surface area contributed by atoms with Gasteiger partial charge in [-0.25, -0.2) is 0 Å². The van der Waals surface area contributed by atoms with E-state index in [2.05, 4.69) is 10.2 Å². The first-order valence-electron chi connectivity index (χ1n) is 3.37. The van der Waals surface area contributed by atoms with E-state index in [1.54, 1.807) is 0 Å². The number of hydrogen-bond acceptors (Lipinski definition) is 3. The Bertz CT molecular complexity index is 284. The molecule has 0 saturated carbocycles. The van der Waals surface area contributed by atoms with E-state index in [1.807, 2.05) is 19.9 Å². The van der Waals surface area contributed by atoms with Crippen molar-refractivity contribution >= 4 is 0 Å². The molecular weight excluding hydrogens is 142 g/mol. The van der Waals surface area contributed by atoms with Gasteiger partial charge in [0.1, 0.15) is 6.07 Å². The monoisotopic (exact) mass is 151 g/mol. The maximum Gasteiger partial charge on any atom is 0.204 e. The van der Waals surface area contributed by atoms with E-state index in [9.17, 15) is 0 Å². The molecule has 0 amide bonds. The Morgan fingerprint density at radius 3 is 3.00 bits per heavy atom. The van der Waals surface area contributed by atoms with Gasteiger partial charge in [-0.15, -0.1) is 0 Å². The second-order valence-electron chi connectivity index (χ2n) is 2.07. The third kappa shape index (κ3) is 1.32. The van der Waals surface area contributed by atoms with Crippen molar-refractivity contribution in [3.05, 3.63) is 11.4 Å². The van der Waals surface area contributed by atoms with Crippen LogP contribution in [0.2, 0.25) is 0 Å². The van der Waals surface area contributed by atoms with Crippen LogP contribution in [0.3, 0.4) is 0 Å². The number of nitriles is 1. The van der Waals surface area contributed by atoms with Gasteiger partial charge in [0.15, 0.2) is 5.75 Å². The van der Waals surface area contributed by atoms with Gasteiger partial charge in [0.05, 0.1) is 12.3 Å². The average molecular weight is 151 g/mol. The topological polar surface area (TPSA) is 61.7 Å². The highest BCUT2D eigenvalue weighted by Crippen LogP contribution is 2.18. The quantitative estimate of drug-likeness (QED) is 0.685. The Hall–Kier alpha value is -1.50. The van der Waals surface area contributed by atoms with Crippen molar-refractivity contribution in [1.82, 2.24) is 10.2 Å². The van der Waals surface area contributed by atoms with Crippen LogP contribution < -0.4 is 4.74 Å². The zero-order valence-electron chi connectivity index (χ0n) is 6.51. The molecule has 1 aromatic heterocycles. The van der Waals surface area contributed by atoms with E-state index >= 15 is 0 Å². The van der Waals surface area contributed by atoms with Gasteiger partial charge in [0.25, 0.3) is 0 Å². The predicted molar refractivity (Wildman–Crippen MR) is 39.2 cm³/mol. The molecule has 1 heterocycles. The summed E-state index contributed by atoms with van der Waals surface area (Å²) in [5, 5.41) is 15.0. The van der Waals surface area contributed by atoms with Gasteiger partial charge in [0.2, 0.25) is 5.69 Å². The molecule has 0 unspecified atom stereocenters. The Balaban J connectivity index is 3.00. The lowest BCUT2D eigenvalue weighted by Gasteiger charge is -1.98. The molecule has 0 aliphatic heterocycles. The third-order valence-electron chi connectivity index (χ3n) is 1.29. The van der Waals surface area contributed by atoms with Crippen LogP contribution in [0.15, 0.2) is 0 Å². The molecule has 4 nitrogen and oxygen atoms in total. The third-order valence-corrected chi connectivity index (χ3v) is 1.29. The molecule has 1 aromatic rings. The summed E-state index contributed by atoms with van der Waals surface area (Å²) in [7, 11) is 0. The number of aromatic amines is 1. The van der Waals surface area contributed by atoms with Crippen LogP contribution in [-0.2, 0) is 0 Å². The highest BCUT2D eigenvalue weighted by atomic mass is 16.5. The highest BCUT2D eigenvalue weighted by molar-refractivity contribution is 5.39. The Morgan fingerprint density at radius 2 is 2.45 bits per heavy atom. The van der Waals surface area contributed by atoms with Crippen molar-refractivity contribution in [2.24, 2.45) is 0 Å². The summed E-state index contributed by atoms with van der Waals surface area (Å²) in [6, 6.07) is 1.93. The highest BCUT2D eigenvalue weighted by Gasteiger charge is 2.09. The SMILES string of the molecule is CCOc1c(C#N)n[nH]c1C. The first-order chi connectivity index (χ1) is 5.29. The Kier molecular flexibility index (Phi) is 2.12. The lowest BCUT2D eigenvalue weighted by atomic mass is 10.3. The number of aromatic nitrogens is 2. The summed E-state index contributed by atoms with van der Waals surface area (Å²) in [6.45, 7) is 4.24. The van der Waals surface area contributed by atoms with Crippen molar-refractivity contribution in [2.75, 3.05) is 6.61 Å². The molecule has 0 fully saturated rings. The molecule has 11 heavy (non-hydrogen) atoms. The van der Waals surface area contributed by atoms with Crippen LogP contribution >= 0.6 is 0 Å². The molecule has 0 spiro atoms. The van der Waals surface area contributed by atoms with Crippen LogP contribution in [0, 0.1) is 18.3 Å². The van der Waals surface area contributed by atoms with Crippen molar-refractivity contribution in [2.45, 2.75) is 13.8 Å². The van der Waals surface area contributed by atoms with E-state index in [0.29, 0.717) is 18.1 Å². The lowest BCUT2D eigenvalue weighted by molar-refractivity contribution is 0.337. The standard InChI is InChI=1S/C7H9N3O/c1-3-11-7-5(2)9-10-6(7)4-8/h3H2,1-2H3,(H,9,10). The Labute approximate surface area is 64.8 Å². The number of rotatable bonds is 2. The minimum atomic E-state index is 0.323. The maximum absolute atomic E-state index is 8.55. The fraction of sp³-hybridized carbons (Fsp3) is 0.429. The van der Waals surface area contributed by atoms with E-state index in [1.165, 1.54) is 0 Å². The molecule has 0 bridgehead atoms. The molecule has 0 atom stereocenters. The molecule has 1 rings (SSSR count). The molecule has 0 aliphatic rings. The van der Waals surface area contributed by atoms with Crippen LogP contribution in [0.25, 0.3) is 0 Å². The molecule has 0 saturated heterocycles. The van der Waals surface area contributed by atoms with E-state index in [4.69, 9.17) is 10.00 Å². The van der Waals surface area contributed by atoms with Gasteiger partial charge >= 0.3 is 0 Å². The Morgan fingerprint density at radius 1 is 1.73 bits per heavy atom. The largest absolute Gasteiger partial charge is 0.489 e. The molecule has 58 valence electrons. The normalized spacial score (nSPS) is 9.18. The summed E-state index contributed by atoms with van der Waals surface area (Å²) in [5.41, 5.74) is 1.12. The van der Waals surface area contributed by atoms with Gasteiger partial charge in [-0.1, -0.05) is 0 Å². The van der Waals surface area contributed by atoms with Crippen molar-refractivity contribution in [1.29, 1.82) is 5.26 Å². The number of ether oxygens (including phenoxy) is 1. The summed E-state index contributed by atoms with van der Waals surface area (Å²) in [6.07, 6.45) is 0. The average Bonchev–Trinajstić information content (AvgIpc) is 2.34. The van der Waals surface area contributed by atoms with Crippen molar-refractivity contribution < 1.29 is 4.74 Å². The summed E-state index contributed by atoms with van der Waals surface area (Å²) < 4.78 is 5.18. The van der Waals surface area contributed by atoms with Crippen LogP contribution in [-0.4, -0.2) is 16.8 Å². The number of H-pyrrole nitrogens is 1. The second kappa shape index (κ2) is 3.06. The van der Waals surface area contributed by atoms with E-state index in [-0.39, 0.29) is 0 Å². The summed E-state index contributed by atoms with van der Waals surface area (Å²) >= 11 is 0. The molecule has 0 aliphatic carbocycles. The zero-order chi connectivity index (χ0) is 8.27. The van der Waals surface area contributed by atoms with E-state index < -0.39 is 0 Å². The second-order valence-corrected chi connectivity index (χ2v) is 2.07. The predicted octanol–water partition coefficient (Wildman–Crippen LogP) is 0.988. The minimum Gasteiger partial charge on any atom is -0.489 e. The fourth-order valence-electron chi connectivity index (χ4n) is 0.816.